The van der Waals surface area contributed by atoms with Crippen LogP contribution >= 0.6 is 0 Å². The van der Waals surface area contributed by atoms with E-state index in [1.54, 1.807) is 12.4 Å². The Balaban J connectivity index is 2.00. The molecule has 0 aromatic heterocycles. The Bertz CT molecular complexity index is 858. The standard InChI is InChI=1S/C27H38F2N4/c1-6-8-10-22(4)33-17-13-23(14-18-33)20-32-26(9-7-2)31-19-21(3)24-11-15-30-16-12-25(24)27(5,28)29/h2,12,15-16,19,23H,4,6,8-11,13-14,17-18,20H2,1,3,5H3,(H,31,32)/b21-19+. The van der Waals surface area contributed by atoms with Gasteiger partial charge in [0, 0.05) is 62.9 Å². The van der Waals surface area contributed by atoms with Crippen LogP contribution in [0.3, 0.4) is 0 Å². The Kier molecular flexibility index (Phi) is 10.6. The second kappa shape index (κ2) is 13.1. The molecule has 0 bridgehead atoms. The molecule has 0 unspecified atom stereocenters. The van der Waals surface area contributed by atoms with Crippen molar-refractivity contribution in [2.75, 3.05) is 19.6 Å². The molecular weight excluding hydrogens is 418 g/mol. The number of aliphatic imine (C=N–C) groups is 2. The quantitative estimate of drug-likeness (QED) is 0.239. The molecule has 0 spiro atoms. The second-order valence-electron chi connectivity index (χ2n) is 8.87. The number of hydrogen-bond acceptors (Lipinski definition) is 3. The third-order valence-corrected chi connectivity index (χ3v) is 6.15. The lowest BCUT2D eigenvalue weighted by Crippen LogP contribution is -2.34. The molecule has 6 heteroatoms. The van der Waals surface area contributed by atoms with Crippen molar-refractivity contribution in [2.45, 2.75) is 71.6 Å². The molecule has 2 aliphatic heterocycles. The van der Waals surface area contributed by atoms with Gasteiger partial charge in [0.05, 0.1) is 6.42 Å². The van der Waals surface area contributed by atoms with Crippen LogP contribution in [0, 0.1) is 18.3 Å². The first kappa shape index (κ1) is 26.6. The molecule has 0 aliphatic carbocycles. The number of piperidine rings is 1. The van der Waals surface area contributed by atoms with E-state index in [2.05, 4.69) is 34.6 Å². The fraction of sp³-hybridized carbons (Fsp3) is 0.556. The average Bonchev–Trinajstić information content (AvgIpc) is 3.06. The number of nitrogens with one attached hydrogen (secondary N) is 1. The number of allylic oxidation sites excluding steroid dienone is 5. The highest BCUT2D eigenvalue weighted by Gasteiger charge is 2.29. The maximum atomic E-state index is 14.1. The Labute approximate surface area is 198 Å². The number of halogens is 2. The zero-order chi connectivity index (χ0) is 24.3. The first-order chi connectivity index (χ1) is 15.8. The van der Waals surface area contributed by atoms with Crippen molar-refractivity contribution in [3.05, 3.63) is 47.5 Å². The highest BCUT2D eigenvalue weighted by Crippen LogP contribution is 2.32. The lowest BCUT2D eigenvalue weighted by molar-refractivity contribution is 0.0665. The monoisotopic (exact) mass is 456 g/mol. The summed E-state index contributed by atoms with van der Waals surface area (Å²) in [4.78, 5) is 11.2. The van der Waals surface area contributed by atoms with E-state index < -0.39 is 5.92 Å². The van der Waals surface area contributed by atoms with Gasteiger partial charge in [-0.2, -0.15) is 0 Å². The van der Waals surface area contributed by atoms with Crippen LogP contribution in [-0.4, -0.2) is 42.5 Å². The summed E-state index contributed by atoms with van der Waals surface area (Å²) in [5, 5.41) is 3.17. The largest absolute Gasteiger partial charge is 0.375 e. The summed E-state index contributed by atoms with van der Waals surface area (Å²) in [6.45, 7) is 11.9. The number of hydrogen-bond donors (Lipinski definition) is 1. The molecule has 0 radical (unpaired) electrons. The Morgan fingerprint density at radius 1 is 1.42 bits per heavy atom. The molecule has 1 N–H and O–H groups in total. The van der Waals surface area contributed by atoms with Crippen molar-refractivity contribution in [3.8, 4) is 12.3 Å². The maximum Gasteiger partial charge on any atom is 0.270 e. The number of terminal acetylenes is 1. The maximum absolute atomic E-state index is 14.1. The van der Waals surface area contributed by atoms with Crippen LogP contribution < -0.4 is 5.32 Å². The van der Waals surface area contributed by atoms with Crippen LogP contribution in [0.15, 0.2) is 57.5 Å². The fourth-order valence-corrected chi connectivity index (χ4v) is 4.06. The van der Waals surface area contributed by atoms with Crippen LogP contribution in [0.2, 0.25) is 0 Å². The highest BCUT2D eigenvalue weighted by molar-refractivity contribution is 5.85. The van der Waals surface area contributed by atoms with Gasteiger partial charge in [-0.15, -0.1) is 6.42 Å². The first-order valence-electron chi connectivity index (χ1n) is 11.9. The lowest BCUT2D eigenvalue weighted by atomic mass is 9.95. The van der Waals surface area contributed by atoms with Crippen molar-refractivity contribution in [1.82, 2.24) is 10.2 Å². The van der Waals surface area contributed by atoms with Gasteiger partial charge in [0.25, 0.3) is 5.92 Å². The molecule has 2 aliphatic rings. The molecule has 33 heavy (non-hydrogen) atoms. The van der Waals surface area contributed by atoms with Crippen LogP contribution in [0.4, 0.5) is 8.78 Å². The van der Waals surface area contributed by atoms with Gasteiger partial charge in [-0.05, 0) is 55.7 Å². The van der Waals surface area contributed by atoms with Crippen molar-refractivity contribution >= 4 is 12.1 Å². The average molecular weight is 457 g/mol. The number of nitrogens with zero attached hydrogens (tertiary/aromatic N) is 3. The lowest BCUT2D eigenvalue weighted by Gasteiger charge is -2.34. The minimum atomic E-state index is -2.94. The SMILES string of the molecule is C#CCC(=NCC1CCN(C(=C)CCCC)CC1)N/C=C(\C)C1=C(C(C)(F)F)C=CN=CC1. The topological polar surface area (TPSA) is 40.0 Å². The molecule has 1 fully saturated rings. The van der Waals surface area contributed by atoms with Crippen molar-refractivity contribution in [2.24, 2.45) is 15.9 Å². The zero-order valence-corrected chi connectivity index (χ0v) is 20.3. The smallest absolute Gasteiger partial charge is 0.270 e. The Morgan fingerprint density at radius 3 is 2.79 bits per heavy atom. The van der Waals surface area contributed by atoms with Crippen molar-refractivity contribution in [3.63, 3.8) is 0 Å². The molecule has 180 valence electrons. The fourth-order valence-electron chi connectivity index (χ4n) is 4.06. The molecule has 2 rings (SSSR count). The van der Waals surface area contributed by atoms with Gasteiger partial charge in [-0.3, -0.25) is 9.98 Å². The van der Waals surface area contributed by atoms with Gasteiger partial charge in [-0.1, -0.05) is 25.8 Å². The van der Waals surface area contributed by atoms with E-state index >= 15 is 0 Å². The van der Waals surface area contributed by atoms with Gasteiger partial charge in [0.1, 0.15) is 5.84 Å². The van der Waals surface area contributed by atoms with Crippen LogP contribution in [0.25, 0.3) is 0 Å². The number of alkyl halides is 2. The number of rotatable bonds is 10. The van der Waals surface area contributed by atoms with E-state index in [1.807, 2.05) is 6.92 Å². The summed E-state index contributed by atoms with van der Waals surface area (Å²) in [6, 6.07) is 0. The van der Waals surface area contributed by atoms with Gasteiger partial charge in [-0.25, -0.2) is 8.78 Å². The molecular formula is C27H38F2N4. The zero-order valence-electron chi connectivity index (χ0n) is 20.3. The van der Waals surface area contributed by atoms with E-state index in [9.17, 15) is 8.78 Å². The highest BCUT2D eigenvalue weighted by atomic mass is 19.3. The van der Waals surface area contributed by atoms with Crippen LogP contribution in [-0.2, 0) is 0 Å². The van der Waals surface area contributed by atoms with Crippen molar-refractivity contribution in [1.29, 1.82) is 0 Å². The van der Waals surface area contributed by atoms with E-state index in [0.717, 1.165) is 39.3 Å². The third kappa shape index (κ3) is 8.64. The summed E-state index contributed by atoms with van der Waals surface area (Å²) in [6.07, 6.45) is 18.0. The summed E-state index contributed by atoms with van der Waals surface area (Å²) in [5.74, 6) is 0.893. The predicted molar refractivity (Wildman–Crippen MR) is 136 cm³/mol. The van der Waals surface area contributed by atoms with Gasteiger partial charge in [0.15, 0.2) is 0 Å². The summed E-state index contributed by atoms with van der Waals surface area (Å²) >= 11 is 0. The number of likely N-dealkylation sites (tertiary alicyclic amines) is 1. The van der Waals surface area contributed by atoms with Gasteiger partial charge < -0.3 is 10.2 Å². The molecule has 4 nitrogen and oxygen atoms in total. The van der Waals surface area contributed by atoms with Gasteiger partial charge in [0.2, 0.25) is 0 Å². The molecule has 2 heterocycles. The molecule has 0 aromatic carbocycles. The predicted octanol–water partition coefficient (Wildman–Crippen LogP) is 6.26. The van der Waals surface area contributed by atoms with Gasteiger partial charge >= 0.3 is 0 Å². The van der Waals surface area contributed by atoms with E-state index in [-0.39, 0.29) is 5.57 Å². The number of amidine groups is 1. The molecule has 1 saturated heterocycles. The minimum Gasteiger partial charge on any atom is -0.375 e. The normalized spacial score (nSPS) is 18.4. The first-order valence-corrected chi connectivity index (χ1v) is 11.9. The summed E-state index contributed by atoms with van der Waals surface area (Å²) < 4.78 is 28.2. The molecule has 0 amide bonds. The second-order valence-corrected chi connectivity index (χ2v) is 8.87. The van der Waals surface area contributed by atoms with Crippen molar-refractivity contribution < 1.29 is 8.78 Å². The molecule has 0 aromatic rings. The molecule has 0 atom stereocenters. The Morgan fingerprint density at radius 2 is 2.15 bits per heavy atom. The summed E-state index contributed by atoms with van der Waals surface area (Å²) in [7, 11) is 0. The summed E-state index contributed by atoms with van der Waals surface area (Å²) in [5.41, 5.74) is 2.51. The Hall–Kier alpha value is -2.68. The van der Waals surface area contributed by atoms with E-state index in [0.29, 0.717) is 42.3 Å². The number of unbranched alkanes of at least 4 members (excludes halogenated alkanes) is 1. The van der Waals surface area contributed by atoms with Crippen LogP contribution in [0.5, 0.6) is 0 Å². The van der Waals surface area contributed by atoms with E-state index in [4.69, 9.17) is 11.4 Å². The minimum absolute atomic E-state index is 0.0155. The third-order valence-electron chi connectivity index (χ3n) is 6.15. The van der Waals surface area contributed by atoms with E-state index in [1.165, 1.54) is 30.8 Å². The molecule has 0 saturated carbocycles. The van der Waals surface area contributed by atoms with Crippen LogP contribution in [0.1, 0.15) is 65.7 Å².